The van der Waals surface area contributed by atoms with Crippen molar-refractivity contribution in [2.45, 2.75) is 25.6 Å². The van der Waals surface area contributed by atoms with Crippen molar-refractivity contribution in [1.29, 1.82) is 0 Å². The predicted octanol–water partition coefficient (Wildman–Crippen LogP) is -0.385. The second-order valence-corrected chi connectivity index (χ2v) is 3.97. The zero-order valence-electron chi connectivity index (χ0n) is 7.77. The van der Waals surface area contributed by atoms with Gasteiger partial charge in [-0.2, -0.15) is 0 Å². The van der Waals surface area contributed by atoms with Gasteiger partial charge in [0.1, 0.15) is 0 Å². The molecule has 74 valence electrons. The Hall–Kier alpha value is -0.610. The van der Waals surface area contributed by atoms with Gasteiger partial charge in [0.25, 0.3) is 0 Å². The van der Waals surface area contributed by atoms with Crippen molar-refractivity contribution >= 4 is 5.91 Å². The predicted molar refractivity (Wildman–Crippen MR) is 46.1 cm³/mol. The van der Waals surface area contributed by atoms with Crippen molar-refractivity contribution in [3.8, 4) is 0 Å². The summed E-state index contributed by atoms with van der Waals surface area (Å²) in [6.45, 7) is 3.54. The van der Waals surface area contributed by atoms with Gasteiger partial charge in [0, 0.05) is 13.1 Å². The molecule has 1 amide bonds. The van der Waals surface area contributed by atoms with Crippen LogP contribution in [0.3, 0.4) is 0 Å². The number of amides is 1. The molecular formula is C9H15NO3. The topological polar surface area (TPSA) is 49.8 Å². The standard InChI is InChI=1S/C9H15NO3/c1-6-2-7(5-13-6)9(12)10-3-8(11)4-10/h6-8,11H,2-5H2,1H3. The van der Waals surface area contributed by atoms with Crippen LogP contribution in [0, 0.1) is 5.92 Å². The average Bonchev–Trinajstić information content (AvgIpc) is 2.45. The van der Waals surface area contributed by atoms with Gasteiger partial charge < -0.3 is 14.7 Å². The number of aliphatic hydroxyl groups is 1. The quantitative estimate of drug-likeness (QED) is 0.605. The van der Waals surface area contributed by atoms with Crippen LogP contribution < -0.4 is 0 Å². The lowest BCUT2D eigenvalue weighted by Gasteiger charge is -2.37. The maximum absolute atomic E-state index is 11.7. The van der Waals surface area contributed by atoms with Crippen LogP contribution in [0.25, 0.3) is 0 Å². The molecule has 2 heterocycles. The van der Waals surface area contributed by atoms with Crippen LogP contribution in [-0.4, -0.2) is 47.8 Å². The molecule has 0 aromatic carbocycles. The van der Waals surface area contributed by atoms with E-state index in [1.807, 2.05) is 6.92 Å². The monoisotopic (exact) mass is 185 g/mol. The van der Waals surface area contributed by atoms with Crippen molar-refractivity contribution in [2.75, 3.05) is 19.7 Å². The third-order valence-electron chi connectivity index (χ3n) is 2.72. The summed E-state index contributed by atoms with van der Waals surface area (Å²) in [6.07, 6.45) is 0.731. The Morgan fingerprint density at radius 3 is 2.69 bits per heavy atom. The molecular weight excluding hydrogens is 170 g/mol. The number of aliphatic hydroxyl groups excluding tert-OH is 1. The van der Waals surface area contributed by atoms with Crippen LogP contribution in [0.4, 0.5) is 0 Å². The van der Waals surface area contributed by atoms with Crippen LogP contribution in [0.5, 0.6) is 0 Å². The molecule has 2 saturated heterocycles. The molecule has 2 aliphatic rings. The van der Waals surface area contributed by atoms with Crippen molar-refractivity contribution in [3.05, 3.63) is 0 Å². The summed E-state index contributed by atoms with van der Waals surface area (Å²) in [7, 11) is 0. The molecule has 1 N–H and O–H groups in total. The second-order valence-electron chi connectivity index (χ2n) is 3.97. The van der Waals surface area contributed by atoms with Gasteiger partial charge in [0.15, 0.2) is 0 Å². The van der Waals surface area contributed by atoms with Crippen molar-refractivity contribution in [3.63, 3.8) is 0 Å². The number of ether oxygens (including phenoxy) is 1. The van der Waals surface area contributed by atoms with E-state index in [0.717, 1.165) is 6.42 Å². The van der Waals surface area contributed by atoms with Gasteiger partial charge in [-0.3, -0.25) is 4.79 Å². The summed E-state index contributed by atoms with van der Waals surface area (Å²) in [5.74, 6) is 0.178. The molecule has 4 heteroatoms. The highest BCUT2D eigenvalue weighted by Crippen LogP contribution is 2.23. The molecule has 2 aliphatic heterocycles. The maximum Gasteiger partial charge on any atom is 0.228 e. The molecule has 2 unspecified atom stereocenters. The number of likely N-dealkylation sites (tertiary alicyclic amines) is 1. The highest BCUT2D eigenvalue weighted by Gasteiger charge is 2.36. The van der Waals surface area contributed by atoms with E-state index in [-0.39, 0.29) is 24.0 Å². The van der Waals surface area contributed by atoms with Crippen LogP contribution >= 0.6 is 0 Å². The molecule has 0 aromatic rings. The van der Waals surface area contributed by atoms with E-state index in [1.54, 1.807) is 4.90 Å². The second kappa shape index (κ2) is 3.27. The molecule has 0 aliphatic carbocycles. The highest BCUT2D eigenvalue weighted by molar-refractivity contribution is 5.80. The van der Waals surface area contributed by atoms with Crippen LogP contribution in [0.1, 0.15) is 13.3 Å². The molecule has 0 aromatic heterocycles. The maximum atomic E-state index is 11.7. The van der Waals surface area contributed by atoms with Crippen LogP contribution in [0.2, 0.25) is 0 Å². The van der Waals surface area contributed by atoms with Crippen molar-refractivity contribution < 1.29 is 14.6 Å². The van der Waals surface area contributed by atoms with E-state index in [4.69, 9.17) is 9.84 Å². The lowest BCUT2D eigenvalue weighted by molar-refractivity contribution is -0.145. The first-order valence-corrected chi connectivity index (χ1v) is 4.75. The fourth-order valence-electron chi connectivity index (χ4n) is 1.88. The van der Waals surface area contributed by atoms with Gasteiger partial charge in [-0.15, -0.1) is 0 Å². The minimum Gasteiger partial charge on any atom is -0.389 e. The molecule has 13 heavy (non-hydrogen) atoms. The molecule has 0 bridgehead atoms. The number of carbonyl (C=O) groups is 1. The minimum absolute atomic E-state index is 0.0301. The SMILES string of the molecule is CC1CC(C(=O)N2CC(O)C2)CO1. The average molecular weight is 185 g/mol. The Bertz CT molecular complexity index is 213. The van der Waals surface area contributed by atoms with Gasteiger partial charge in [-0.25, -0.2) is 0 Å². The van der Waals surface area contributed by atoms with E-state index in [9.17, 15) is 4.79 Å². The van der Waals surface area contributed by atoms with E-state index in [2.05, 4.69) is 0 Å². The van der Waals surface area contributed by atoms with Crippen molar-refractivity contribution in [1.82, 2.24) is 4.90 Å². The van der Waals surface area contributed by atoms with Crippen molar-refractivity contribution in [2.24, 2.45) is 5.92 Å². The van der Waals surface area contributed by atoms with Gasteiger partial charge in [0.2, 0.25) is 5.91 Å². The minimum atomic E-state index is -0.302. The number of nitrogens with zero attached hydrogens (tertiary/aromatic N) is 1. The van der Waals surface area contributed by atoms with E-state index in [0.29, 0.717) is 19.7 Å². The first kappa shape index (κ1) is 8.97. The summed E-state index contributed by atoms with van der Waals surface area (Å²) in [5.41, 5.74) is 0. The van der Waals surface area contributed by atoms with Gasteiger partial charge >= 0.3 is 0 Å². The lowest BCUT2D eigenvalue weighted by atomic mass is 10.0. The highest BCUT2D eigenvalue weighted by atomic mass is 16.5. The number of carbonyl (C=O) groups excluding carboxylic acids is 1. The summed E-state index contributed by atoms with van der Waals surface area (Å²) < 4.78 is 5.32. The van der Waals surface area contributed by atoms with E-state index >= 15 is 0 Å². The number of hydrogen-bond donors (Lipinski definition) is 1. The Labute approximate surface area is 77.5 Å². The van der Waals surface area contributed by atoms with E-state index < -0.39 is 0 Å². The summed E-state index contributed by atoms with van der Waals surface area (Å²) in [6, 6.07) is 0. The fraction of sp³-hybridized carbons (Fsp3) is 0.889. The Morgan fingerprint density at radius 2 is 2.23 bits per heavy atom. The van der Waals surface area contributed by atoms with Crippen LogP contribution in [-0.2, 0) is 9.53 Å². The summed E-state index contributed by atoms with van der Waals surface area (Å²) in [5, 5.41) is 9.04. The van der Waals surface area contributed by atoms with Crippen LogP contribution in [0.15, 0.2) is 0 Å². The smallest absolute Gasteiger partial charge is 0.228 e. The largest absolute Gasteiger partial charge is 0.389 e. The molecule has 0 saturated carbocycles. The van der Waals surface area contributed by atoms with Gasteiger partial charge in [-0.1, -0.05) is 0 Å². The molecule has 0 radical (unpaired) electrons. The Morgan fingerprint density at radius 1 is 1.54 bits per heavy atom. The molecule has 4 nitrogen and oxygen atoms in total. The Balaban J connectivity index is 1.84. The first-order chi connectivity index (χ1) is 6.16. The molecule has 2 atom stereocenters. The summed E-state index contributed by atoms with van der Waals surface area (Å²) in [4.78, 5) is 13.4. The lowest BCUT2D eigenvalue weighted by Crippen LogP contribution is -2.55. The fourth-order valence-corrected chi connectivity index (χ4v) is 1.88. The molecule has 2 fully saturated rings. The van der Waals surface area contributed by atoms with Gasteiger partial charge in [0.05, 0.1) is 24.7 Å². The number of hydrogen-bond acceptors (Lipinski definition) is 3. The zero-order chi connectivity index (χ0) is 9.42. The van der Waals surface area contributed by atoms with E-state index in [1.165, 1.54) is 0 Å². The number of β-amino-alcohol motifs (C(OH)–C–C–N with tert-alkyl or cyclic N) is 1. The third kappa shape index (κ3) is 1.69. The van der Waals surface area contributed by atoms with Gasteiger partial charge in [-0.05, 0) is 13.3 Å². The Kier molecular flexibility index (Phi) is 2.26. The molecule has 2 rings (SSSR count). The first-order valence-electron chi connectivity index (χ1n) is 4.75. The summed E-state index contributed by atoms with van der Waals surface area (Å²) >= 11 is 0. The number of rotatable bonds is 1. The zero-order valence-corrected chi connectivity index (χ0v) is 7.77. The normalized spacial score (nSPS) is 34.8. The third-order valence-corrected chi connectivity index (χ3v) is 2.72. The molecule has 0 spiro atoms.